The van der Waals surface area contributed by atoms with Gasteiger partial charge < -0.3 is 24.8 Å². The standard InChI is InChI=1S/C27H32N2O6/c1-3-17(12-13-25(30)29-15-18(34-2)14-24(29)26(31)32)28-27(33)35-16-23-21-10-6-4-8-19(21)20-9-5-7-11-22(20)23/h4-11,17-18,23-24H,3,12-16H2,1-2H3,(H,28,33)(H,31,32). The molecule has 186 valence electrons. The predicted molar refractivity (Wildman–Crippen MR) is 130 cm³/mol. The van der Waals surface area contributed by atoms with Crippen LogP contribution in [0, 0.1) is 0 Å². The molecule has 0 saturated carbocycles. The molecule has 8 nitrogen and oxygen atoms in total. The molecule has 2 amide bonds. The van der Waals surface area contributed by atoms with E-state index in [0.717, 1.165) is 11.1 Å². The van der Waals surface area contributed by atoms with E-state index in [0.29, 0.717) is 12.8 Å². The predicted octanol–water partition coefficient (Wildman–Crippen LogP) is 3.78. The molecule has 3 unspecified atom stereocenters. The molecule has 1 heterocycles. The number of aliphatic carboxylic acids is 1. The van der Waals surface area contributed by atoms with Crippen LogP contribution in [-0.2, 0) is 19.1 Å². The fourth-order valence-electron chi connectivity index (χ4n) is 5.10. The zero-order valence-corrected chi connectivity index (χ0v) is 20.1. The number of ether oxygens (including phenoxy) is 2. The Bertz CT molecular complexity index is 1040. The topological polar surface area (TPSA) is 105 Å². The first kappa shape index (κ1) is 24.7. The number of benzene rings is 2. The highest BCUT2D eigenvalue weighted by Crippen LogP contribution is 2.44. The molecular formula is C27H32N2O6. The van der Waals surface area contributed by atoms with Crippen molar-refractivity contribution in [2.45, 2.75) is 56.7 Å². The monoisotopic (exact) mass is 480 g/mol. The largest absolute Gasteiger partial charge is 0.480 e. The molecule has 0 radical (unpaired) electrons. The van der Waals surface area contributed by atoms with Crippen molar-refractivity contribution in [2.75, 3.05) is 20.3 Å². The van der Waals surface area contributed by atoms with Crippen LogP contribution >= 0.6 is 0 Å². The van der Waals surface area contributed by atoms with Gasteiger partial charge >= 0.3 is 12.1 Å². The third-order valence-corrected chi connectivity index (χ3v) is 7.07. The number of fused-ring (bicyclic) bond motifs is 3. The molecule has 1 saturated heterocycles. The van der Waals surface area contributed by atoms with Crippen LogP contribution < -0.4 is 5.32 Å². The Labute approximate surface area is 205 Å². The first-order valence-electron chi connectivity index (χ1n) is 12.1. The average molecular weight is 481 g/mol. The summed E-state index contributed by atoms with van der Waals surface area (Å²) in [4.78, 5) is 38.2. The molecule has 2 aromatic carbocycles. The summed E-state index contributed by atoms with van der Waals surface area (Å²) < 4.78 is 10.9. The Balaban J connectivity index is 1.30. The van der Waals surface area contributed by atoms with Gasteiger partial charge in [-0.25, -0.2) is 9.59 Å². The Hall–Kier alpha value is -3.39. The maximum Gasteiger partial charge on any atom is 0.407 e. The number of carboxylic acid groups (broad SMARTS) is 1. The molecule has 1 aliphatic heterocycles. The first-order valence-corrected chi connectivity index (χ1v) is 12.1. The van der Waals surface area contributed by atoms with Gasteiger partial charge in [0, 0.05) is 38.5 Å². The van der Waals surface area contributed by atoms with Gasteiger partial charge in [0.1, 0.15) is 12.6 Å². The van der Waals surface area contributed by atoms with E-state index in [9.17, 15) is 19.5 Å². The van der Waals surface area contributed by atoms with E-state index >= 15 is 0 Å². The van der Waals surface area contributed by atoms with Gasteiger partial charge in [0.15, 0.2) is 0 Å². The number of nitrogens with zero attached hydrogens (tertiary/aromatic N) is 1. The van der Waals surface area contributed by atoms with Gasteiger partial charge in [-0.1, -0.05) is 55.5 Å². The van der Waals surface area contributed by atoms with Gasteiger partial charge in [-0.3, -0.25) is 4.79 Å². The Morgan fingerprint density at radius 1 is 1.09 bits per heavy atom. The van der Waals surface area contributed by atoms with Gasteiger partial charge in [0.2, 0.25) is 5.91 Å². The van der Waals surface area contributed by atoms with Crippen LogP contribution in [-0.4, -0.2) is 66.4 Å². The number of methoxy groups -OCH3 is 1. The number of nitrogens with one attached hydrogen (secondary N) is 1. The summed E-state index contributed by atoms with van der Waals surface area (Å²) in [5, 5.41) is 12.3. The fourth-order valence-corrected chi connectivity index (χ4v) is 5.10. The summed E-state index contributed by atoms with van der Waals surface area (Å²) in [5.74, 6) is -1.29. The molecular weight excluding hydrogens is 448 g/mol. The number of carboxylic acids is 1. The molecule has 2 N–H and O–H groups in total. The number of rotatable bonds is 9. The summed E-state index contributed by atoms with van der Waals surface area (Å²) in [6, 6.07) is 15.2. The van der Waals surface area contributed by atoms with Gasteiger partial charge in [-0.05, 0) is 35.1 Å². The highest BCUT2D eigenvalue weighted by Gasteiger charge is 2.39. The third-order valence-electron chi connectivity index (χ3n) is 7.07. The third kappa shape index (κ3) is 5.32. The van der Waals surface area contributed by atoms with Gasteiger partial charge in [-0.2, -0.15) is 0 Å². The van der Waals surface area contributed by atoms with Crippen molar-refractivity contribution in [2.24, 2.45) is 0 Å². The van der Waals surface area contributed by atoms with Gasteiger partial charge in [0.05, 0.1) is 6.10 Å². The quantitative estimate of drug-likeness (QED) is 0.566. The van der Waals surface area contributed by atoms with E-state index < -0.39 is 18.1 Å². The minimum atomic E-state index is -1.03. The zero-order valence-electron chi connectivity index (χ0n) is 20.1. The SMILES string of the molecule is CCC(CCC(=O)N1CC(OC)CC1C(=O)O)NC(=O)OCC1c2ccccc2-c2ccccc21. The van der Waals surface area contributed by atoms with Gasteiger partial charge in [0.25, 0.3) is 0 Å². The second-order valence-electron chi connectivity index (χ2n) is 9.11. The van der Waals surface area contributed by atoms with Crippen LogP contribution in [0.4, 0.5) is 4.79 Å². The van der Waals surface area contributed by atoms with Crippen LogP contribution in [0.5, 0.6) is 0 Å². The van der Waals surface area contributed by atoms with E-state index in [1.54, 1.807) is 0 Å². The summed E-state index contributed by atoms with van der Waals surface area (Å²) in [6.07, 6.45) is 0.659. The second kappa shape index (κ2) is 10.9. The summed E-state index contributed by atoms with van der Waals surface area (Å²) in [5.41, 5.74) is 4.62. The Morgan fingerprint density at radius 3 is 2.29 bits per heavy atom. The van der Waals surface area contributed by atoms with E-state index in [-0.39, 0.29) is 50.0 Å². The number of alkyl carbamates (subject to hydrolysis) is 1. The Morgan fingerprint density at radius 2 is 1.71 bits per heavy atom. The highest BCUT2D eigenvalue weighted by atomic mass is 16.5. The molecule has 35 heavy (non-hydrogen) atoms. The maximum absolute atomic E-state index is 12.7. The van der Waals surface area contributed by atoms with Crippen molar-refractivity contribution in [1.82, 2.24) is 10.2 Å². The van der Waals surface area contributed by atoms with E-state index in [2.05, 4.69) is 29.6 Å². The molecule has 2 aromatic rings. The molecule has 0 spiro atoms. The normalized spacial score (nSPS) is 19.7. The number of carbonyl (C=O) groups excluding carboxylic acids is 2. The van der Waals surface area contributed by atoms with Crippen LogP contribution in [0.2, 0.25) is 0 Å². The maximum atomic E-state index is 12.7. The number of likely N-dealkylation sites (tertiary alicyclic amines) is 1. The van der Waals surface area contributed by atoms with E-state index in [1.165, 1.54) is 23.1 Å². The van der Waals surface area contributed by atoms with Crippen molar-refractivity contribution in [3.63, 3.8) is 0 Å². The minimum absolute atomic E-state index is 0.0216. The van der Waals surface area contributed by atoms with Crippen molar-refractivity contribution >= 4 is 18.0 Å². The molecule has 0 aromatic heterocycles. The zero-order chi connectivity index (χ0) is 24.9. The number of carbonyl (C=O) groups is 3. The molecule has 4 rings (SSSR count). The van der Waals surface area contributed by atoms with Gasteiger partial charge in [-0.15, -0.1) is 0 Å². The summed E-state index contributed by atoms with van der Waals surface area (Å²) in [6.45, 7) is 2.42. The average Bonchev–Trinajstić information content (AvgIpc) is 3.45. The molecule has 0 bridgehead atoms. The summed E-state index contributed by atoms with van der Waals surface area (Å²) in [7, 11) is 1.52. The summed E-state index contributed by atoms with van der Waals surface area (Å²) >= 11 is 0. The fraction of sp³-hybridized carbons (Fsp3) is 0.444. The molecule has 2 aliphatic rings. The van der Waals surface area contributed by atoms with Crippen molar-refractivity contribution in [3.05, 3.63) is 59.7 Å². The molecule has 3 atom stereocenters. The number of hydrogen-bond acceptors (Lipinski definition) is 5. The van der Waals surface area contributed by atoms with Crippen molar-refractivity contribution < 1.29 is 29.0 Å². The van der Waals surface area contributed by atoms with Crippen LogP contribution in [0.25, 0.3) is 11.1 Å². The molecule has 8 heteroatoms. The second-order valence-corrected chi connectivity index (χ2v) is 9.11. The highest BCUT2D eigenvalue weighted by molar-refractivity contribution is 5.84. The van der Waals surface area contributed by atoms with E-state index in [4.69, 9.17) is 9.47 Å². The van der Waals surface area contributed by atoms with Crippen molar-refractivity contribution in [3.8, 4) is 11.1 Å². The van der Waals surface area contributed by atoms with Crippen molar-refractivity contribution in [1.29, 1.82) is 0 Å². The smallest absolute Gasteiger partial charge is 0.407 e. The van der Waals surface area contributed by atoms with Crippen LogP contribution in [0.15, 0.2) is 48.5 Å². The molecule has 1 fully saturated rings. The minimum Gasteiger partial charge on any atom is -0.480 e. The lowest BCUT2D eigenvalue weighted by Crippen LogP contribution is -2.42. The number of hydrogen-bond donors (Lipinski definition) is 2. The Kier molecular flexibility index (Phi) is 7.70. The lowest BCUT2D eigenvalue weighted by Gasteiger charge is -2.23. The first-order chi connectivity index (χ1) is 16.9. The number of amides is 2. The van der Waals surface area contributed by atoms with E-state index in [1.807, 2.05) is 31.2 Å². The lowest BCUT2D eigenvalue weighted by molar-refractivity contribution is -0.148. The van der Waals surface area contributed by atoms with Crippen LogP contribution in [0.3, 0.4) is 0 Å². The lowest BCUT2D eigenvalue weighted by atomic mass is 9.98. The molecule has 1 aliphatic carbocycles. The van der Waals surface area contributed by atoms with Crippen LogP contribution in [0.1, 0.15) is 49.7 Å².